The van der Waals surface area contributed by atoms with Gasteiger partial charge in [-0.05, 0) is 18.9 Å². The molecule has 0 N–H and O–H groups in total. The Balaban J connectivity index is 1.99. The van der Waals surface area contributed by atoms with Crippen molar-refractivity contribution >= 4 is 0 Å². The van der Waals surface area contributed by atoms with Crippen LogP contribution in [0.15, 0.2) is 54.9 Å². The number of rotatable bonds is 6. The summed E-state index contributed by atoms with van der Waals surface area (Å²) in [6.45, 7) is 3.21. The van der Waals surface area contributed by atoms with Crippen molar-refractivity contribution in [2.24, 2.45) is 0 Å². The van der Waals surface area contributed by atoms with Crippen molar-refractivity contribution in [3.8, 4) is 0 Å². The van der Waals surface area contributed by atoms with E-state index in [1.165, 1.54) is 36.8 Å². The molecule has 0 fully saturated rings. The van der Waals surface area contributed by atoms with Crippen molar-refractivity contribution in [2.45, 2.75) is 39.2 Å². The number of aryl methyl sites for hydroxylation is 1. The fraction of sp³-hybridized carbons (Fsp3) is 0.353. The molecule has 1 aromatic heterocycles. The summed E-state index contributed by atoms with van der Waals surface area (Å²) < 4.78 is 2.27. The summed E-state index contributed by atoms with van der Waals surface area (Å²) in [5.41, 5.74) is 2.80. The van der Waals surface area contributed by atoms with Crippen LogP contribution in [0.3, 0.4) is 0 Å². The van der Waals surface area contributed by atoms with Crippen LogP contribution >= 0.6 is 0 Å². The number of nitrogens with zero attached hydrogens (tertiary/aromatic N) is 1. The van der Waals surface area contributed by atoms with Crippen molar-refractivity contribution in [3.63, 3.8) is 0 Å². The van der Waals surface area contributed by atoms with Crippen molar-refractivity contribution < 1.29 is 4.57 Å². The molecular formula is C17H22N+. The third-order valence-corrected chi connectivity index (χ3v) is 3.20. The standard InChI is InChI=1S/C17H22N/c1-2-3-5-9-17-12-8-13-18(15-17)14-16-10-6-4-7-11-16/h4,6-8,10-13,15H,2-3,5,9,14H2,1H3/q+1. The van der Waals surface area contributed by atoms with Crippen LogP contribution in [0.5, 0.6) is 0 Å². The molecule has 2 rings (SSSR count). The number of aromatic nitrogens is 1. The van der Waals surface area contributed by atoms with Crippen LogP contribution in [0.2, 0.25) is 0 Å². The van der Waals surface area contributed by atoms with Gasteiger partial charge >= 0.3 is 0 Å². The molecule has 0 spiro atoms. The molecule has 1 aromatic carbocycles. The lowest BCUT2D eigenvalue weighted by molar-refractivity contribution is -0.688. The Hall–Kier alpha value is -1.63. The molecule has 1 nitrogen and oxygen atoms in total. The number of unbranched alkanes of at least 4 members (excludes halogenated alkanes) is 2. The predicted octanol–water partition coefficient (Wildman–Crippen LogP) is 3.76. The van der Waals surface area contributed by atoms with Gasteiger partial charge in [0, 0.05) is 17.2 Å². The van der Waals surface area contributed by atoms with Crippen molar-refractivity contribution in [2.75, 3.05) is 0 Å². The summed E-state index contributed by atoms with van der Waals surface area (Å²) in [4.78, 5) is 0. The van der Waals surface area contributed by atoms with Crippen LogP contribution in [0.25, 0.3) is 0 Å². The highest BCUT2D eigenvalue weighted by Gasteiger charge is 2.03. The van der Waals surface area contributed by atoms with E-state index in [0.717, 1.165) is 6.54 Å². The largest absolute Gasteiger partial charge is 0.201 e. The van der Waals surface area contributed by atoms with E-state index >= 15 is 0 Å². The molecule has 0 saturated heterocycles. The van der Waals surface area contributed by atoms with Gasteiger partial charge in [-0.3, -0.25) is 0 Å². The van der Waals surface area contributed by atoms with Gasteiger partial charge in [-0.1, -0.05) is 50.1 Å². The number of hydrogen-bond acceptors (Lipinski definition) is 0. The van der Waals surface area contributed by atoms with Gasteiger partial charge in [0.15, 0.2) is 18.9 Å². The minimum absolute atomic E-state index is 0.961. The maximum atomic E-state index is 2.28. The third-order valence-electron chi connectivity index (χ3n) is 3.20. The molecule has 0 atom stereocenters. The molecule has 1 heterocycles. The minimum Gasteiger partial charge on any atom is -0.201 e. The molecule has 0 radical (unpaired) electrons. The van der Waals surface area contributed by atoms with Gasteiger partial charge in [0.25, 0.3) is 0 Å². The highest BCUT2D eigenvalue weighted by atomic mass is 14.9. The van der Waals surface area contributed by atoms with Gasteiger partial charge in [-0.2, -0.15) is 0 Å². The maximum Gasteiger partial charge on any atom is 0.173 e. The van der Waals surface area contributed by atoms with Crippen LogP contribution in [-0.2, 0) is 13.0 Å². The quantitative estimate of drug-likeness (QED) is 0.535. The van der Waals surface area contributed by atoms with E-state index in [4.69, 9.17) is 0 Å². The molecule has 0 unspecified atom stereocenters. The highest BCUT2D eigenvalue weighted by Crippen LogP contribution is 2.04. The second-order valence-electron chi connectivity index (χ2n) is 4.83. The third kappa shape index (κ3) is 3.99. The Bertz CT molecular complexity index is 462. The lowest BCUT2D eigenvalue weighted by Gasteiger charge is -2.01. The van der Waals surface area contributed by atoms with Crippen molar-refractivity contribution in [1.29, 1.82) is 0 Å². The zero-order valence-corrected chi connectivity index (χ0v) is 11.2. The van der Waals surface area contributed by atoms with Crippen LogP contribution in [-0.4, -0.2) is 0 Å². The average molecular weight is 240 g/mol. The first-order chi connectivity index (χ1) is 8.88. The van der Waals surface area contributed by atoms with E-state index in [2.05, 4.69) is 66.3 Å². The Kier molecular flexibility index (Phi) is 4.95. The lowest BCUT2D eigenvalue weighted by Crippen LogP contribution is -2.33. The summed E-state index contributed by atoms with van der Waals surface area (Å²) in [5, 5.41) is 0. The SMILES string of the molecule is CCCCCc1ccc[n+](Cc2ccccc2)c1. The molecule has 2 aromatic rings. The fourth-order valence-electron chi connectivity index (χ4n) is 2.20. The second kappa shape index (κ2) is 6.95. The predicted molar refractivity (Wildman–Crippen MR) is 75.4 cm³/mol. The van der Waals surface area contributed by atoms with Gasteiger partial charge in [0.05, 0.1) is 0 Å². The van der Waals surface area contributed by atoms with Gasteiger partial charge < -0.3 is 0 Å². The van der Waals surface area contributed by atoms with E-state index < -0.39 is 0 Å². The molecule has 18 heavy (non-hydrogen) atoms. The molecule has 0 bridgehead atoms. The smallest absolute Gasteiger partial charge is 0.173 e. The van der Waals surface area contributed by atoms with Crippen LogP contribution in [0.1, 0.15) is 37.3 Å². The minimum atomic E-state index is 0.961. The number of hydrogen-bond donors (Lipinski definition) is 0. The van der Waals surface area contributed by atoms with E-state index in [1.807, 2.05) is 0 Å². The van der Waals surface area contributed by atoms with E-state index in [0.29, 0.717) is 0 Å². The van der Waals surface area contributed by atoms with E-state index in [-0.39, 0.29) is 0 Å². The van der Waals surface area contributed by atoms with Gasteiger partial charge in [-0.25, -0.2) is 4.57 Å². The summed E-state index contributed by atoms with van der Waals surface area (Å²) in [6, 6.07) is 15.0. The summed E-state index contributed by atoms with van der Waals surface area (Å²) >= 11 is 0. The van der Waals surface area contributed by atoms with Crippen molar-refractivity contribution in [3.05, 3.63) is 66.0 Å². The Morgan fingerprint density at radius 2 is 1.67 bits per heavy atom. The Labute approximate surface area is 110 Å². The van der Waals surface area contributed by atoms with Gasteiger partial charge in [0.2, 0.25) is 0 Å². The van der Waals surface area contributed by atoms with Gasteiger partial charge in [0.1, 0.15) is 0 Å². The molecular weight excluding hydrogens is 218 g/mol. The van der Waals surface area contributed by atoms with Crippen LogP contribution < -0.4 is 4.57 Å². The lowest BCUT2D eigenvalue weighted by atomic mass is 10.1. The Morgan fingerprint density at radius 1 is 0.889 bits per heavy atom. The van der Waals surface area contributed by atoms with E-state index in [9.17, 15) is 0 Å². The molecule has 0 aliphatic carbocycles. The topological polar surface area (TPSA) is 3.88 Å². The normalized spacial score (nSPS) is 10.5. The summed E-state index contributed by atoms with van der Waals surface area (Å²) in [6.07, 6.45) is 9.54. The molecule has 0 aliphatic heterocycles. The highest BCUT2D eigenvalue weighted by molar-refractivity contribution is 5.13. The molecule has 1 heteroatoms. The first kappa shape index (κ1) is 12.8. The first-order valence-corrected chi connectivity index (χ1v) is 6.90. The number of pyridine rings is 1. The molecule has 0 aliphatic rings. The Morgan fingerprint density at radius 3 is 2.44 bits per heavy atom. The zero-order chi connectivity index (χ0) is 12.6. The molecule has 94 valence electrons. The average Bonchev–Trinajstić information content (AvgIpc) is 2.41. The van der Waals surface area contributed by atoms with E-state index in [1.54, 1.807) is 0 Å². The first-order valence-electron chi connectivity index (χ1n) is 6.90. The summed E-state index contributed by atoms with van der Waals surface area (Å²) in [5.74, 6) is 0. The zero-order valence-electron chi connectivity index (χ0n) is 11.2. The van der Waals surface area contributed by atoms with Crippen molar-refractivity contribution in [1.82, 2.24) is 0 Å². The maximum absolute atomic E-state index is 2.28. The monoisotopic (exact) mass is 240 g/mol. The number of benzene rings is 1. The van der Waals surface area contributed by atoms with Crippen LogP contribution in [0, 0.1) is 0 Å². The van der Waals surface area contributed by atoms with Gasteiger partial charge in [-0.15, -0.1) is 0 Å². The van der Waals surface area contributed by atoms with Crippen LogP contribution in [0.4, 0.5) is 0 Å². The second-order valence-corrected chi connectivity index (χ2v) is 4.83. The summed E-state index contributed by atoms with van der Waals surface area (Å²) in [7, 11) is 0. The molecule has 0 amide bonds. The fourth-order valence-corrected chi connectivity index (χ4v) is 2.20. The molecule has 0 saturated carbocycles.